The lowest BCUT2D eigenvalue weighted by atomic mass is 9.98. The van der Waals surface area contributed by atoms with Crippen molar-refractivity contribution in [3.63, 3.8) is 0 Å². The van der Waals surface area contributed by atoms with Crippen LogP contribution in [0.4, 0.5) is 8.78 Å². The molecule has 1 N–H and O–H groups in total. The third kappa shape index (κ3) is 4.26. The Balaban J connectivity index is 2.64. The summed E-state index contributed by atoms with van der Waals surface area (Å²) in [7, 11) is 0. The molecule has 0 radical (unpaired) electrons. The van der Waals surface area contributed by atoms with E-state index in [1.165, 1.54) is 6.92 Å². The van der Waals surface area contributed by atoms with Crippen LogP contribution in [-0.2, 0) is 0 Å². The van der Waals surface area contributed by atoms with E-state index in [4.69, 9.17) is 4.74 Å². The fourth-order valence-corrected chi connectivity index (χ4v) is 1.47. The summed E-state index contributed by atoms with van der Waals surface area (Å²) >= 11 is 0. The van der Waals surface area contributed by atoms with Crippen LogP contribution in [0.2, 0.25) is 0 Å². The number of halogens is 2. The second kappa shape index (κ2) is 6.69. The van der Waals surface area contributed by atoms with Crippen LogP contribution in [0.25, 0.3) is 0 Å². The Morgan fingerprint density at radius 1 is 1.11 bits per heavy atom. The van der Waals surface area contributed by atoms with E-state index in [1.807, 2.05) is 13.8 Å². The molecule has 102 valence electrons. The average molecular weight is 258 g/mol. The lowest BCUT2D eigenvalue weighted by molar-refractivity contribution is 0.000616. The molecule has 0 bridgehead atoms. The molecule has 1 aromatic rings. The van der Waals surface area contributed by atoms with Crippen LogP contribution in [0.1, 0.15) is 32.4 Å². The minimum Gasteiger partial charge on any atom is -0.493 e. The van der Waals surface area contributed by atoms with Crippen molar-refractivity contribution < 1.29 is 18.6 Å². The summed E-state index contributed by atoms with van der Waals surface area (Å²) in [4.78, 5) is 0. The number of benzene rings is 1. The fourth-order valence-electron chi connectivity index (χ4n) is 1.47. The number of ether oxygens (including phenoxy) is 1. The number of aliphatic hydroxyl groups is 1. The lowest BCUT2D eigenvalue weighted by Gasteiger charge is -2.18. The monoisotopic (exact) mass is 258 g/mol. The lowest BCUT2D eigenvalue weighted by Crippen LogP contribution is -2.16. The van der Waals surface area contributed by atoms with Crippen molar-refractivity contribution in [1.82, 2.24) is 0 Å². The second-order valence-electron chi connectivity index (χ2n) is 4.91. The van der Waals surface area contributed by atoms with Gasteiger partial charge in [-0.05, 0) is 23.6 Å². The molecule has 0 saturated heterocycles. The summed E-state index contributed by atoms with van der Waals surface area (Å²) in [6.07, 6.45) is -3.68. The highest BCUT2D eigenvalue weighted by atomic mass is 19.3. The van der Waals surface area contributed by atoms with Gasteiger partial charge in [0.15, 0.2) is 0 Å². The van der Waals surface area contributed by atoms with Crippen LogP contribution in [-0.4, -0.2) is 18.1 Å². The Kier molecular flexibility index (Phi) is 5.54. The molecular formula is C14H20F2O2. The number of hydrogen-bond acceptors (Lipinski definition) is 2. The summed E-state index contributed by atoms with van der Waals surface area (Å²) in [6.45, 7) is 6.03. The molecular weight excluding hydrogens is 238 g/mol. The molecule has 0 spiro atoms. The number of aliphatic hydroxyl groups excluding tert-OH is 1. The molecule has 2 nitrogen and oxygen atoms in total. The Hall–Kier alpha value is -1.16. The maximum absolute atomic E-state index is 12.5. The minimum atomic E-state index is -2.53. The van der Waals surface area contributed by atoms with E-state index in [0.717, 1.165) is 0 Å². The second-order valence-corrected chi connectivity index (χ2v) is 4.91. The smallest absolute Gasteiger partial charge is 0.243 e. The third-order valence-corrected chi connectivity index (χ3v) is 2.70. The minimum absolute atomic E-state index is 0.425. The highest BCUT2D eigenvalue weighted by Crippen LogP contribution is 2.27. The molecule has 2 atom stereocenters. The van der Waals surface area contributed by atoms with Crippen molar-refractivity contribution in [2.45, 2.75) is 33.3 Å². The van der Waals surface area contributed by atoms with Gasteiger partial charge in [-0.2, -0.15) is 0 Å². The van der Waals surface area contributed by atoms with Crippen LogP contribution < -0.4 is 4.74 Å². The van der Waals surface area contributed by atoms with Crippen LogP contribution in [0.5, 0.6) is 5.75 Å². The van der Waals surface area contributed by atoms with Crippen LogP contribution in [0.3, 0.4) is 0 Å². The van der Waals surface area contributed by atoms with E-state index in [0.29, 0.717) is 23.8 Å². The van der Waals surface area contributed by atoms with Crippen LogP contribution >= 0.6 is 0 Å². The van der Waals surface area contributed by atoms with Gasteiger partial charge in [-0.15, -0.1) is 0 Å². The summed E-state index contributed by atoms with van der Waals surface area (Å²) in [5, 5.41) is 9.75. The molecule has 0 aliphatic heterocycles. The van der Waals surface area contributed by atoms with Crippen LogP contribution in [0.15, 0.2) is 24.3 Å². The van der Waals surface area contributed by atoms with Crippen molar-refractivity contribution in [2.24, 2.45) is 11.8 Å². The third-order valence-electron chi connectivity index (χ3n) is 2.70. The molecule has 0 fully saturated rings. The van der Waals surface area contributed by atoms with Gasteiger partial charge in [0.25, 0.3) is 0 Å². The van der Waals surface area contributed by atoms with Crippen molar-refractivity contribution in [1.29, 1.82) is 0 Å². The van der Waals surface area contributed by atoms with Gasteiger partial charge in [-0.3, -0.25) is 0 Å². The molecule has 1 aromatic carbocycles. The van der Waals surface area contributed by atoms with E-state index in [-0.39, 0.29) is 0 Å². The molecule has 0 aliphatic carbocycles. The number of alkyl halides is 2. The maximum Gasteiger partial charge on any atom is 0.243 e. The van der Waals surface area contributed by atoms with E-state index >= 15 is 0 Å². The van der Waals surface area contributed by atoms with Gasteiger partial charge < -0.3 is 9.84 Å². The SMILES string of the molecule is CC(C)COc1ccc(C(O)C(C)C(F)F)cc1. The first-order valence-corrected chi connectivity index (χ1v) is 6.10. The van der Waals surface area contributed by atoms with Crippen molar-refractivity contribution in [3.8, 4) is 5.75 Å². The van der Waals surface area contributed by atoms with Crippen LogP contribution in [0, 0.1) is 11.8 Å². The highest BCUT2D eigenvalue weighted by Gasteiger charge is 2.24. The van der Waals surface area contributed by atoms with Crippen molar-refractivity contribution in [2.75, 3.05) is 6.61 Å². The van der Waals surface area contributed by atoms with Gasteiger partial charge in [0.2, 0.25) is 6.43 Å². The normalized spacial score (nSPS) is 14.9. The molecule has 0 saturated carbocycles. The molecule has 4 heteroatoms. The molecule has 1 rings (SSSR count). The highest BCUT2D eigenvalue weighted by molar-refractivity contribution is 5.28. The zero-order valence-corrected chi connectivity index (χ0v) is 10.9. The Morgan fingerprint density at radius 2 is 1.67 bits per heavy atom. The Bertz CT molecular complexity index is 349. The quantitative estimate of drug-likeness (QED) is 0.843. The largest absolute Gasteiger partial charge is 0.493 e. The van der Waals surface area contributed by atoms with E-state index in [2.05, 4.69) is 0 Å². The summed E-state index contributed by atoms with van der Waals surface area (Å²) in [6, 6.07) is 6.64. The average Bonchev–Trinajstić information content (AvgIpc) is 2.35. The first-order valence-electron chi connectivity index (χ1n) is 6.10. The predicted molar refractivity (Wildman–Crippen MR) is 66.9 cm³/mol. The maximum atomic E-state index is 12.5. The van der Waals surface area contributed by atoms with E-state index < -0.39 is 18.4 Å². The standard InChI is InChI=1S/C14H20F2O2/c1-9(2)8-18-12-6-4-11(5-7-12)13(17)10(3)14(15)16/h4-7,9-10,13-14,17H,8H2,1-3H3. The van der Waals surface area contributed by atoms with Crippen molar-refractivity contribution in [3.05, 3.63) is 29.8 Å². The zero-order valence-electron chi connectivity index (χ0n) is 10.9. The van der Waals surface area contributed by atoms with Gasteiger partial charge in [-0.25, -0.2) is 8.78 Å². The van der Waals surface area contributed by atoms with Gasteiger partial charge in [0.1, 0.15) is 5.75 Å². The molecule has 0 amide bonds. The molecule has 0 aromatic heterocycles. The number of hydrogen-bond donors (Lipinski definition) is 1. The van der Waals surface area contributed by atoms with E-state index in [9.17, 15) is 13.9 Å². The molecule has 0 heterocycles. The van der Waals surface area contributed by atoms with Gasteiger partial charge in [0, 0.05) is 5.92 Å². The first-order chi connectivity index (χ1) is 8.41. The summed E-state index contributed by atoms with van der Waals surface area (Å²) in [5.41, 5.74) is 0.486. The topological polar surface area (TPSA) is 29.5 Å². The molecule has 2 unspecified atom stereocenters. The van der Waals surface area contributed by atoms with E-state index in [1.54, 1.807) is 24.3 Å². The van der Waals surface area contributed by atoms with Gasteiger partial charge in [0.05, 0.1) is 12.7 Å². The Labute approximate surface area is 107 Å². The number of rotatable bonds is 6. The van der Waals surface area contributed by atoms with Gasteiger partial charge in [-0.1, -0.05) is 32.9 Å². The summed E-state index contributed by atoms with van der Waals surface area (Å²) < 4.78 is 30.4. The summed E-state index contributed by atoms with van der Waals surface area (Å²) in [5.74, 6) is 0.0332. The Morgan fingerprint density at radius 3 is 2.11 bits per heavy atom. The van der Waals surface area contributed by atoms with Crippen molar-refractivity contribution >= 4 is 0 Å². The molecule has 18 heavy (non-hydrogen) atoms. The first kappa shape index (κ1) is 14.9. The zero-order chi connectivity index (χ0) is 13.7. The predicted octanol–water partition coefficient (Wildman–Crippen LogP) is 3.66. The van der Waals surface area contributed by atoms with Gasteiger partial charge >= 0.3 is 0 Å². The molecule has 0 aliphatic rings. The fraction of sp³-hybridized carbons (Fsp3) is 0.571.